The van der Waals surface area contributed by atoms with Crippen molar-refractivity contribution < 1.29 is 9.59 Å². The van der Waals surface area contributed by atoms with E-state index in [9.17, 15) is 9.59 Å². The van der Waals surface area contributed by atoms with Crippen LogP contribution in [0.4, 0.5) is 5.69 Å². The summed E-state index contributed by atoms with van der Waals surface area (Å²) >= 11 is 0. The lowest BCUT2D eigenvalue weighted by molar-refractivity contribution is -0.136. The molecule has 3 heterocycles. The molecule has 0 radical (unpaired) electrons. The Morgan fingerprint density at radius 3 is 2.48 bits per heavy atom. The number of fused-ring (bicyclic) bond motifs is 1. The third-order valence-corrected chi connectivity index (χ3v) is 6.14. The number of amides is 2. The number of piperidine rings is 1. The van der Waals surface area contributed by atoms with Gasteiger partial charge < -0.3 is 14.8 Å². The molecule has 0 bridgehead atoms. The summed E-state index contributed by atoms with van der Waals surface area (Å²) in [5.74, 6) is 1.26. The van der Waals surface area contributed by atoms with Gasteiger partial charge in [-0.05, 0) is 37.1 Å². The minimum absolute atomic E-state index is 0.0340. The smallest absolute Gasteiger partial charge is 0.228 e. The quantitative estimate of drug-likeness (QED) is 0.748. The minimum atomic E-state index is -0.245. The predicted molar refractivity (Wildman–Crippen MR) is 112 cm³/mol. The Kier molecular flexibility index (Phi) is 4.54. The van der Waals surface area contributed by atoms with Crippen molar-refractivity contribution in [2.45, 2.75) is 25.2 Å². The Hall–Kier alpha value is -3.15. The van der Waals surface area contributed by atoms with E-state index in [-0.39, 0.29) is 17.7 Å². The summed E-state index contributed by atoms with van der Waals surface area (Å²) in [6, 6.07) is 17.7. The van der Waals surface area contributed by atoms with Crippen LogP contribution >= 0.6 is 0 Å². The van der Waals surface area contributed by atoms with E-state index < -0.39 is 0 Å². The third kappa shape index (κ3) is 3.39. The van der Waals surface area contributed by atoms with Crippen molar-refractivity contribution in [1.29, 1.82) is 0 Å². The van der Waals surface area contributed by atoms with Gasteiger partial charge >= 0.3 is 0 Å². The topological polar surface area (TPSA) is 69.3 Å². The summed E-state index contributed by atoms with van der Waals surface area (Å²) in [4.78, 5) is 37.3. The molecule has 5 rings (SSSR count). The number of hydrogen-bond acceptors (Lipinski definition) is 3. The fourth-order valence-corrected chi connectivity index (χ4v) is 4.53. The van der Waals surface area contributed by atoms with Crippen molar-refractivity contribution in [3.8, 4) is 0 Å². The van der Waals surface area contributed by atoms with E-state index in [4.69, 9.17) is 4.98 Å². The fourth-order valence-electron chi connectivity index (χ4n) is 4.53. The van der Waals surface area contributed by atoms with Gasteiger partial charge in [0.15, 0.2) is 0 Å². The maximum Gasteiger partial charge on any atom is 0.228 e. The lowest BCUT2D eigenvalue weighted by Gasteiger charge is -2.32. The highest BCUT2D eigenvalue weighted by molar-refractivity contribution is 6.00. The van der Waals surface area contributed by atoms with E-state index in [1.165, 1.54) is 0 Å². The van der Waals surface area contributed by atoms with Crippen molar-refractivity contribution in [2.75, 3.05) is 24.5 Å². The molecule has 148 valence electrons. The van der Waals surface area contributed by atoms with Crippen molar-refractivity contribution >= 4 is 28.5 Å². The number of aromatic amines is 1. The van der Waals surface area contributed by atoms with Gasteiger partial charge in [-0.2, -0.15) is 0 Å². The summed E-state index contributed by atoms with van der Waals surface area (Å²) in [6.45, 7) is 1.92. The molecule has 6 heteroatoms. The molecule has 2 aliphatic rings. The van der Waals surface area contributed by atoms with Crippen LogP contribution in [0.5, 0.6) is 0 Å². The van der Waals surface area contributed by atoms with Crippen LogP contribution in [-0.2, 0) is 9.59 Å². The van der Waals surface area contributed by atoms with Crippen LogP contribution in [0.25, 0.3) is 11.0 Å². The number of nitrogens with one attached hydrogen (secondary N) is 1. The molecule has 2 saturated heterocycles. The van der Waals surface area contributed by atoms with Crippen molar-refractivity contribution in [2.24, 2.45) is 5.92 Å². The zero-order valence-corrected chi connectivity index (χ0v) is 16.3. The number of hydrogen-bond donors (Lipinski definition) is 1. The van der Waals surface area contributed by atoms with Crippen LogP contribution in [0.1, 0.15) is 31.0 Å². The van der Waals surface area contributed by atoms with Crippen LogP contribution in [0.2, 0.25) is 0 Å². The molecule has 0 spiro atoms. The summed E-state index contributed by atoms with van der Waals surface area (Å²) in [6.07, 6.45) is 2.10. The Balaban J connectivity index is 1.22. The second-order valence-electron chi connectivity index (χ2n) is 7.98. The van der Waals surface area contributed by atoms with Crippen LogP contribution in [0.3, 0.4) is 0 Å². The second kappa shape index (κ2) is 7.35. The largest absolute Gasteiger partial charge is 0.342 e. The average Bonchev–Trinajstić information content (AvgIpc) is 3.37. The number of nitrogens with zero attached hydrogens (tertiary/aromatic N) is 3. The van der Waals surface area contributed by atoms with E-state index in [1.807, 2.05) is 59.5 Å². The Bertz CT molecular complexity index is 1000. The summed E-state index contributed by atoms with van der Waals surface area (Å²) in [5.41, 5.74) is 2.93. The maximum absolute atomic E-state index is 13.0. The standard InChI is InChI=1S/C23H24N4O2/c28-21-14-17(15-27(21)18-6-2-1-3-7-18)23(29)26-12-10-16(11-13-26)22-24-19-8-4-5-9-20(19)25-22/h1-9,16-17H,10-15H2,(H,24,25). The number of para-hydroxylation sites is 3. The van der Waals surface area contributed by atoms with Crippen LogP contribution < -0.4 is 4.90 Å². The van der Waals surface area contributed by atoms with E-state index in [2.05, 4.69) is 4.98 Å². The predicted octanol–water partition coefficient (Wildman–Crippen LogP) is 3.32. The van der Waals surface area contributed by atoms with E-state index in [0.29, 0.717) is 18.9 Å². The molecule has 29 heavy (non-hydrogen) atoms. The highest BCUT2D eigenvalue weighted by Gasteiger charge is 2.38. The number of anilines is 1. The molecule has 0 saturated carbocycles. The highest BCUT2D eigenvalue weighted by atomic mass is 16.2. The number of rotatable bonds is 3. The molecular weight excluding hydrogens is 364 g/mol. The zero-order chi connectivity index (χ0) is 19.8. The second-order valence-corrected chi connectivity index (χ2v) is 7.98. The maximum atomic E-state index is 13.0. The molecular formula is C23H24N4O2. The molecule has 2 amide bonds. The monoisotopic (exact) mass is 388 g/mol. The Labute approximate surface area is 169 Å². The molecule has 3 aromatic rings. The van der Waals surface area contributed by atoms with Crippen LogP contribution in [0.15, 0.2) is 54.6 Å². The van der Waals surface area contributed by atoms with Gasteiger partial charge in [0.1, 0.15) is 5.82 Å². The first-order valence-corrected chi connectivity index (χ1v) is 10.3. The van der Waals surface area contributed by atoms with E-state index in [1.54, 1.807) is 4.90 Å². The SMILES string of the molecule is O=C(C1CC(=O)N(c2ccccc2)C1)N1CCC(c2nc3ccccc3[nH]2)CC1. The fraction of sp³-hybridized carbons (Fsp3) is 0.348. The molecule has 6 nitrogen and oxygen atoms in total. The van der Waals surface area contributed by atoms with Crippen molar-refractivity contribution in [3.63, 3.8) is 0 Å². The molecule has 1 N–H and O–H groups in total. The first-order valence-electron chi connectivity index (χ1n) is 10.3. The summed E-state index contributed by atoms with van der Waals surface area (Å²) < 4.78 is 0. The van der Waals surface area contributed by atoms with Gasteiger partial charge in [-0.3, -0.25) is 9.59 Å². The third-order valence-electron chi connectivity index (χ3n) is 6.14. The lowest BCUT2D eigenvalue weighted by Crippen LogP contribution is -2.42. The zero-order valence-electron chi connectivity index (χ0n) is 16.3. The number of imidazole rings is 1. The first-order chi connectivity index (χ1) is 14.2. The molecule has 2 fully saturated rings. The van der Waals surface area contributed by atoms with E-state index >= 15 is 0 Å². The van der Waals surface area contributed by atoms with Crippen LogP contribution in [0, 0.1) is 5.92 Å². The van der Waals surface area contributed by atoms with Gasteiger partial charge in [0.05, 0.1) is 17.0 Å². The number of carbonyl (C=O) groups excluding carboxylic acids is 2. The van der Waals surface area contributed by atoms with Gasteiger partial charge in [-0.1, -0.05) is 30.3 Å². The van der Waals surface area contributed by atoms with Crippen molar-refractivity contribution in [3.05, 3.63) is 60.4 Å². The molecule has 2 aromatic carbocycles. The molecule has 1 aromatic heterocycles. The summed E-state index contributed by atoms with van der Waals surface area (Å²) in [7, 11) is 0. The number of aromatic nitrogens is 2. The van der Waals surface area contributed by atoms with Gasteiger partial charge in [-0.15, -0.1) is 0 Å². The summed E-state index contributed by atoms with van der Waals surface area (Å²) in [5, 5.41) is 0. The average molecular weight is 388 g/mol. The van der Waals surface area contributed by atoms with Crippen LogP contribution in [-0.4, -0.2) is 46.3 Å². The minimum Gasteiger partial charge on any atom is -0.342 e. The van der Waals surface area contributed by atoms with Gasteiger partial charge in [0.2, 0.25) is 11.8 Å². The van der Waals surface area contributed by atoms with Gasteiger partial charge in [0.25, 0.3) is 0 Å². The number of benzene rings is 2. The molecule has 0 aliphatic carbocycles. The number of H-pyrrole nitrogens is 1. The molecule has 1 atom stereocenters. The highest BCUT2D eigenvalue weighted by Crippen LogP contribution is 2.31. The molecule has 1 unspecified atom stereocenters. The normalized spacial score (nSPS) is 20.6. The molecule has 2 aliphatic heterocycles. The Morgan fingerprint density at radius 1 is 1.00 bits per heavy atom. The Morgan fingerprint density at radius 2 is 1.72 bits per heavy atom. The lowest BCUT2D eigenvalue weighted by atomic mass is 9.95. The van der Waals surface area contributed by atoms with E-state index in [0.717, 1.165) is 48.5 Å². The number of likely N-dealkylation sites (tertiary alicyclic amines) is 1. The van der Waals surface area contributed by atoms with Crippen molar-refractivity contribution in [1.82, 2.24) is 14.9 Å². The first kappa shape index (κ1) is 17.9. The number of carbonyl (C=O) groups is 2. The van der Waals surface area contributed by atoms with Gasteiger partial charge in [-0.25, -0.2) is 4.98 Å². The van der Waals surface area contributed by atoms with Gasteiger partial charge in [0, 0.05) is 37.7 Å².